The van der Waals surface area contributed by atoms with E-state index in [2.05, 4.69) is 5.32 Å². The van der Waals surface area contributed by atoms with Crippen molar-refractivity contribution in [3.63, 3.8) is 0 Å². The van der Waals surface area contributed by atoms with E-state index in [0.717, 1.165) is 5.56 Å². The van der Waals surface area contributed by atoms with Crippen LogP contribution in [0.2, 0.25) is 0 Å². The van der Waals surface area contributed by atoms with E-state index in [1.54, 1.807) is 49.1 Å². The van der Waals surface area contributed by atoms with Gasteiger partial charge >= 0.3 is 12.4 Å². The summed E-state index contributed by atoms with van der Waals surface area (Å²) in [6.07, 6.45) is -9.54. The molecule has 3 rings (SSSR count). The Morgan fingerprint density at radius 1 is 0.976 bits per heavy atom. The summed E-state index contributed by atoms with van der Waals surface area (Å²) < 4.78 is 80.8. The molecule has 0 aliphatic carbocycles. The molecule has 1 aliphatic rings. The first kappa shape index (κ1) is 31.9. The van der Waals surface area contributed by atoms with E-state index in [-0.39, 0.29) is 56.9 Å². The molecule has 2 unspecified atom stereocenters. The van der Waals surface area contributed by atoms with Crippen molar-refractivity contribution in [2.75, 3.05) is 19.6 Å². The molecule has 0 spiro atoms. The summed E-state index contributed by atoms with van der Waals surface area (Å²) in [5.41, 5.74) is 2.33. The molecule has 0 radical (unpaired) electrons. The third-order valence-corrected chi connectivity index (χ3v) is 6.77. The first-order chi connectivity index (χ1) is 19.0. The van der Waals surface area contributed by atoms with Crippen molar-refractivity contribution in [2.24, 2.45) is 5.73 Å². The van der Waals surface area contributed by atoms with Gasteiger partial charge in [0.15, 0.2) is 0 Å². The molecule has 13 heteroatoms. The number of benzene rings is 2. The average Bonchev–Trinajstić information content (AvgIpc) is 2.86. The fraction of sp³-hybridized carbons (Fsp3) is 0.464. The van der Waals surface area contributed by atoms with Gasteiger partial charge in [0.25, 0.3) is 5.91 Å². The second-order valence-electron chi connectivity index (χ2n) is 10.4. The van der Waals surface area contributed by atoms with Crippen LogP contribution in [0.15, 0.2) is 48.5 Å². The van der Waals surface area contributed by atoms with Crippen molar-refractivity contribution < 1.29 is 40.7 Å². The fourth-order valence-electron chi connectivity index (χ4n) is 5.02. The van der Waals surface area contributed by atoms with Crippen LogP contribution in [0.1, 0.15) is 53.7 Å². The zero-order valence-electron chi connectivity index (χ0n) is 22.6. The summed E-state index contributed by atoms with van der Waals surface area (Å²) in [6.45, 7) is 3.12. The molecule has 1 saturated heterocycles. The predicted molar refractivity (Wildman–Crippen MR) is 138 cm³/mol. The highest BCUT2D eigenvalue weighted by Crippen LogP contribution is 2.37. The number of primary amides is 1. The van der Waals surface area contributed by atoms with Crippen LogP contribution in [-0.4, -0.2) is 65.3 Å². The first-order valence-corrected chi connectivity index (χ1v) is 13.0. The van der Waals surface area contributed by atoms with E-state index in [9.17, 15) is 40.7 Å². The zero-order valence-corrected chi connectivity index (χ0v) is 22.6. The predicted octanol–water partition coefficient (Wildman–Crippen LogP) is 4.25. The molecular formula is C28H32F6N4O3. The van der Waals surface area contributed by atoms with Crippen LogP contribution in [0.4, 0.5) is 26.3 Å². The van der Waals surface area contributed by atoms with Gasteiger partial charge in [-0.2, -0.15) is 26.3 Å². The third kappa shape index (κ3) is 8.94. The first-order valence-electron chi connectivity index (χ1n) is 13.0. The van der Waals surface area contributed by atoms with Crippen molar-refractivity contribution in [3.05, 3.63) is 70.8 Å². The molecule has 2 aromatic rings. The van der Waals surface area contributed by atoms with E-state index in [0.29, 0.717) is 12.1 Å². The summed E-state index contributed by atoms with van der Waals surface area (Å²) in [4.78, 5) is 40.7. The summed E-state index contributed by atoms with van der Waals surface area (Å²) in [5.74, 6) is -1.99. The van der Waals surface area contributed by atoms with Gasteiger partial charge in [0.1, 0.15) is 0 Å². The second-order valence-corrected chi connectivity index (χ2v) is 10.4. The Hall–Kier alpha value is -3.61. The number of hydrogen-bond acceptors (Lipinski definition) is 4. The number of rotatable bonds is 9. The number of nitrogens with two attached hydrogens (primary N) is 1. The van der Waals surface area contributed by atoms with Crippen molar-refractivity contribution >= 4 is 17.7 Å². The van der Waals surface area contributed by atoms with Crippen molar-refractivity contribution in [1.29, 1.82) is 0 Å². The Morgan fingerprint density at radius 2 is 1.56 bits per heavy atom. The Labute approximate surface area is 233 Å². The molecule has 7 nitrogen and oxygen atoms in total. The summed E-state index contributed by atoms with van der Waals surface area (Å²) in [5, 5.41) is 2.74. The largest absolute Gasteiger partial charge is 0.416 e. The van der Waals surface area contributed by atoms with Gasteiger partial charge < -0.3 is 16.0 Å². The lowest BCUT2D eigenvalue weighted by molar-refractivity contribution is -0.143. The molecule has 224 valence electrons. The maximum Gasteiger partial charge on any atom is 0.416 e. The number of nitrogens with zero attached hydrogens (tertiary/aromatic N) is 2. The van der Waals surface area contributed by atoms with Crippen molar-refractivity contribution in [1.82, 2.24) is 15.1 Å². The highest BCUT2D eigenvalue weighted by molar-refractivity contribution is 5.95. The number of hydrogen-bond donors (Lipinski definition) is 2. The van der Waals surface area contributed by atoms with Gasteiger partial charge in [0.2, 0.25) is 11.8 Å². The molecule has 2 aromatic carbocycles. The molecule has 0 saturated carbocycles. The molecule has 1 fully saturated rings. The topological polar surface area (TPSA) is 95.7 Å². The quantitative estimate of drug-likeness (QED) is 0.430. The van der Waals surface area contributed by atoms with E-state index in [1.165, 1.54) is 4.90 Å². The SMILES string of the molecule is CC(C)NC(=O)CN(CC(N)=O)C1CCN(C(=O)c2cc(C(F)(F)F)cc(C(F)(F)F)c2)C(Cc2ccccc2)C1. The minimum atomic E-state index is -5.10. The average molecular weight is 587 g/mol. The molecule has 41 heavy (non-hydrogen) atoms. The third-order valence-electron chi connectivity index (χ3n) is 6.77. The monoisotopic (exact) mass is 586 g/mol. The second kappa shape index (κ2) is 12.9. The number of likely N-dealkylation sites (tertiary alicyclic amines) is 1. The molecule has 3 N–H and O–H groups in total. The van der Waals surface area contributed by atoms with Crippen LogP contribution in [0.5, 0.6) is 0 Å². The number of carbonyl (C=O) groups is 3. The highest BCUT2D eigenvalue weighted by Gasteiger charge is 2.40. The standard InChI is InChI=1S/C28H32F6N4O3/c1-17(2)36-25(40)16-37(15-24(35)39)22-8-9-38(23(14-22)10-18-6-4-3-5-7-18)26(41)19-11-20(27(29,30)31)13-21(12-19)28(32,33)34/h3-7,11-13,17,22-23H,8-10,14-16H2,1-2H3,(H2,35,39)(H,36,40). The maximum absolute atomic E-state index is 13.6. The number of piperidine rings is 1. The smallest absolute Gasteiger partial charge is 0.369 e. The lowest BCUT2D eigenvalue weighted by Crippen LogP contribution is -2.55. The number of nitrogens with one attached hydrogen (secondary N) is 1. The van der Waals surface area contributed by atoms with E-state index >= 15 is 0 Å². The molecular weight excluding hydrogens is 554 g/mol. The van der Waals surface area contributed by atoms with Gasteiger partial charge in [-0.05, 0) is 56.9 Å². The van der Waals surface area contributed by atoms with Crippen LogP contribution in [-0.2, 0) is 28.4 Å². The lowest BCUT2D eigenvalue weighted by Gasteiger charge is -2.43. The van der Waals surface area contributed by atoms with Crippen LogP contribution in [0, 0.1) is 0 Å². The van der Waals surface area contributed by atoms with Gasteiger partial charge in [-0.15, -0.1) is 0 Å². The Morgan fingerprint density at radius 3 is 2.07 bits per heavy atom. The lowest BCUT2D eigenvalue weighted by atomic mass is 9.90. The Balaban J connectivity index is 1.96. The maximum atomic E-state index is 13.6. The van der Waals surface area contributed by atoms with Gasteiger partial charge in [-0.1, -0.05) is 30.3 Å². The van der Waals surface area contributed by atoms with Gasteiger partial charge in [-0.25, -0.2) is 0 Å². The number of alkyl halides is 6. The summed E-state index contributed by atoms with van der Waals surface area (Å²) in [6, 6.07) is 8.50. The summed E-state index contributed by atoms with van der Waals surface area (Å²) in [7, 11) is 0. The molecule has 0 bridgehead atoms. The van der Waals surface area contributed by atoms with Crippen molar-refractivity contribution in [3.8, 4) is 0 Å². The fourth-order valence-corrected chi connectivity index (χ4v) is 5.02. The van der Waals surface area contributed by atoms with E-state index in [4.69, 9.17) is 5.73 Å². The van der Waals surface area contributed by atoms with Gasteiger partial charge in [0.05, 0.1) is 24.2 Å². The van der Waals surface area contributed by atoms with Crippen LogP contribution >= 0.6 is 0 Å². The van der Waals surface area contributed by atoms with E-state index in [1.807, 2.05) is 0 Å². The molecule has 3 amide bonds. The number of halogens is 6. The van der Waals surface area contributed by atoms with Crippen LogP contribution in [0.25, 0.3) is 0 Å². The normalized spacial score (nSPS) is 18.0. The van der Waals surface area contributed by atoms with Gasteiger partial charge in [-0.3, -0.25) is 19.3 Å². The molecule has 0 aromatic heterocycles. The zero-order chi connectivity index (χ0) is 30.5. The van der Waals surface area contributed by atoms with Gasteiger partial charge in [0, 0.05) is 30.2 Å². The number of carbonyl (C=O) groups excluding carboxylic acids is 3. The Bertz CT molecular complexity index is 1200. The highest BCUT2D eigenvalue weighted by atomic mass is 19.4. The Kier molecular flexibility index (Phi) is 10.1. The van der Waals surface area contributed by atoms with E-state index < -0.39 is 52.9 Å². The molecule has 2 atom stereocenters. The minimum Gasteiger partial charge on any atom is -0.369 e. The summed E-state index contributed by atoms with van der Waals surface area (Å²) >= 11 is 0. The molecule has 1 aliphatic heterocycles. The molecule has 1 heterocycles. The number of amides is 3. The van der Waals surface area contributed by atoms with Crippen LogP contribution in [0.3, 0.4) is 0 Å². The van der Waals surface area contributed by atoms with Crippen LogP contribution < -0.4 is 11.1 Å². The van der Waals surface area contributed by atoms with Crippen molar-refractivity contribution in [2.45, 2.75) is 63.6 Å². The minimum absolute atomic E-state index is 0.0195.